The molecule has 0 spiro atoms. The van der Waals surface area contributed by atoms with Crippen molar-refractivity contribution in [1.82, 2.24) is 25.2 Å². The summed E-state index contributed by atoms with van der Waals surface area (Å²) in [5.74, 6) is 1.05. The van der Waals surface area contributed by atoms with Crippen molar-refractivity contribution in [3.8, 4) is 0 Å². The SMILES string of the molecule is Cc1nnc(Cn2cc(CCCO)nn2)o1. The van der Waals surface area contributed by atoms with E-state index in [-0.39, 0.29) is 6.61 Å². The molecular weight excluding hydrogens is 210 g/mol. The molecule has 0 aromatic carbocycles. The highest BCUT2D eigenvalue weighted by atomic mass is 16.4. The zero-order valence-corrected chi connectivity index (χ0v) is 9.00. The molecule has 7 nitrogen and oxygen atoms in total. The molecule has 0 bridgehead atoms. The molecule has 0 atom stereocenters. The number of aliphatic hydroxyl groups is 1. The van der Waals surface area contributed by atoms with Crippen LogP contribution in [0.2, 0.25) is 0 Å². The van der Waals surface area contributed by atoms with E-state index in [1.165, 1.54) is 0 Å². The molecule has 0 unspecified atom stereocenters. The fraction of sp³-hybridized carbons (Fsp3) is 0.556. The number of aryl methyl sites for hydroxylation is 2. The first kappa shape index (κ1) is 10.7. The van der Waals surface area contributed by atoms with Crippen LogP contribution in [0, 0.1) is 6.92 Å². The molecule has 2 rings (SSSR count). The van der Waals surface area contributed by atoms with Crippen LogP contribution < -0.4 is 0 Å². The van der Waals surface area contributed by atoms with Crippen molar-refractivity contribution in [3.63, 3.8) is 0 Å². The van der Waals surface area contributed by atoms with Gasteiger partial charge >= 0.3 is 0 Å². The van der Waals surface area contributed by atoms with Crippen LogP contribution in [0.4, 0.5) is 0 Å². The summed E-state index contributed by atoms with van der Waals surface area (Å²) in [5.41, 5.74) is 0.852. The predicted molar refractivity (Wildman–Crippen MR) is 53.6 cm³/mol. The third-order valence-corrected chi connectivity index (χ3v) is 2.04. The lowest BCUT2D eigenvalue weighted by Crippen LogP contribution is -2.00. The fourth-order valence-corrected chi connectivity index (χ4v) is 1.33. The highest BCUT2D eigenvalue weighted by Crippen LogP contribution is 2.02. The molecule has 16 heavy (non-hydrogen) atoms. The number of hydrogen-bond donors (Lipinski definition) is 1. The average Bonchev–Trinajstić information content (AvgIpc) is 2.86. The van der Waals surface area contributed by atoms with E-state index in [0.717, 1.165) is 12.1 Å². The van der Waals surface area contributed by atoms with E-state index in [1.54, 1.807) is 11.6 Å². The van der Waals surface area contributed by atoms with Crippen LogP contribution in [0.5, 0.6) is 0 Å². The molecule has 0 saturated heterocycles. The van der Waals surface area contributed by atoms with Gasteiger partial charge in [-0.15, -0.1) is 15.3 Å². The standard InChI is InChI=1S/C9H13N5O2/c1-7-10-12-9(16-7)6-14-5-8(11-13-14)3-2-4-15/h5,15H,2-4,6H2,1H3. The lowest BCUT2D eigenvalue weighted by Gasteiger charge is -1.93. The van der Waals surface area contributed by atoms with Gasteiger partial charge in [-0.2, -0.15) is 0 Å². The Kier molecular flexibility index (Phi) is 3.25. The lowest BCUT2D eigenvalue weighted by atomic mass is 10.3. The second kappa shape index (κ2) is 4.84. The van der Waals surface area contributed by atoms with Gasteiger partial charge in [-0.3, -0.25) is 0 Å². The Bertz CT molecular complexity index is 450. The lowest BCUT2D eigenvalue weighted by molar-refractivity contribution is 0.288. The maximum absolute atomic E-state index is 8.68. The Morgan fingerprint density at radius 2 is 2.25 bits per heavy atom. The van der Waals surface area contributed by atoms with Crippen molar-refractivity contribution in [3.05, 3.63) is 23.7 Å². The van der Waals surface area contributed by atoms with Crippen molar-refractivity contribution >= 4 is 0 Å². The van der Waals surface area contributed by atoms with Gasteiger partial charge in [0.15, 0.2) is 0 Å². The quantitative estimate of drug-likeness (QED) is 0.763. The van der Waals surface area contributed by atoms with E-state index < -0.39 is 0 Å². The first-order valence-corrected chi connectivity index (χ1v) is 5.07. The molecule has 1 N–H and O–H groups in total. The summed E-state index contributed by atoms with van der Waals surface area (Å²) >= 11 is 0. The maximum atomic E-state index is 8.68. The zero-order chi connectivity index (χ0) is 11.4. The highest BCUT2D eigenvalue weighted by molar-refractivity contribution is 4.93. The Morgan fingerprint density at radius 3 is 2.94 bits per heavy atom. The van der Waals surface area contributed by atoms with Crippen LogP contribution in [-0.2, 0) is 13.0 Å². The largest absolute Gasteiger partial charge is 0.424 e. The molecular formula is C9H13N5O2. The van der Waals surface area contributed by atoms with E-state index in [9.17, 15) is 0 Å². The molecule has 0 aliphatic heterocycles. The molecule has 0 saturated carbocycles. The second-order valence-corrected chi connectivity index (χ2v) is 3.45. The summed E-state index contributed by atoms with van der Waals surface area (Å²) in [7, 11) is 0. The molecule has 2 aromatic rings. The second-order valence-electron chi connectivity index (χ2n) is 3.45. The normalized spacial score (nSPS) is 10.9. The van der Waals surface area contributed by atoms with E-state index in [2.05, 4.69) is 20.5 Å². The van der Waals surface area contributed by atoms with Crippen molar-refractivity contribution in [2.75, 3.05) is 6.61 Å². The summed E-state index contributed by atoms with van der Waals surface area (Å²) in [6, 6.07) is 0. The zero-order valence-electron chi connectivity index (χ0n) is 9.00. The van der Waals surface area contributed by atoms with Crippen LogP contribution in [0.25, 0.3) is 0 Å². The van der Waals surface area contributed by atoms with Crippen LogP contribution in [0.1, 0.15) is 23.9 Å². The fourth-order valence-electron chi connectivity index (χ4n) is 1.33. The van der Waals surface area contributed by atoms with Crippen molar-refractivity contribution in [2.24, 2.45) is 0 Å². The highest BCUT2D eigenvalue weighted by Gasteiger charge is 2.05. The monoisotopic (exact) mass is 223 g/mol. The van der Waals surface area contributed by atoms with Gasteiger partial charge in [0.1, 0.15) is 6.54 Å². The van der Waals surface area contributed by atoms with Gasteiger partial charge in [0.05, 0.1) is 5.69 Å². The number of hydrogen-bond acceptors (Lipinski definition) is 6. The van der Waals surface area contributed by atoms with Crippen molar-refractivity contribution < 1.29 is 9.52 Å². The number of nitrogens with zero attached hydrogens (tertiary/aromatic N) is 5. The third kappa shape index (κ3) is 2.63. The molecule has 7 heteroatoms. The third-order valence-electron chi connectivity index (χ3n) is 2.04. The van der Waals surface area contributed by atoms with E-state index in [1.807, 2.05) is 6.20 Å². The molecule has 0 fully saturated rings. The Hall–Kier alpha value is -1.76. The Morgan fingerprint density at radius 1 is 1.38 bits per heavy atom. The Balaban J connectivity index is 1.97. The van der Waals surface area contributed by atoms with Gasteiger partial charge in [0, 0.05) is 19.7 Å². The van der Waals surface area contributed by atoms with Crippen molar-refractivity contribution in [2.45, 2.75) is 26.3 Å². The van der Waals surface area contributed by atoms with Crippen LogP contribution in [0.3, 0.4) is 0 Å². The summed E-state index contributed by atoms with van der Waals surface area (Å²) in [6.45, 7) is 2.33. The molecule has 0 amide bonds. The van der Waals surface area contributed by atoms with E-state index in [0.29, 0.717) is 24.7 Å². The van der Waals surface area contributed by atoms with Gasteiger partial charge in [0.2, 0.25) is 11.8 Å². The predicted octanol–water partition coefficient (Wildman–Crippen LogP) is -0.0573. The van der Waals surface area contributed by atoms with E-state index in [4.69, 9.17) is 9.52 Å². The first-order chi connectivity index (χ1) is 7.78. The minimum atomic E-state index is 0.162. The van der Waals surface area contributed by atoms with Crippen LogP contribution >= 0.6 is 0 Å². The summed E-state index contributed by atoms with van der Waals surface area (Å²) in [5, 5.41) is 24.2. The van der Waals surface area contributed by atoms with Crippen LogP contribution in [0.15, 0.2) is 10.6 Å². The smallest absolute Gasteiger partial charge is 0.237 e. The van der Waals surface area contributed by atoms with Gasteiger partial charge < -0.3 is 9.52 Å². The summed E-state index contributed by atoms with van der Waals surface area (Å²) < 4.78 is 6.87. The van der Waals surface area contributed by atoms with Gasteiger partial charge in [-0.1, -0.05) is 5.21 Å². The number of rotatable bonds is 5. The summed E-state index contributed by atoms with van der Waals surface area (Å²) in [4.78, 5) is 0. The molecule has 2 heterocycles. The van der Waals surface area contributed by atoms with Gasteiger partial charge in [0.25, 0.3) is 0 Å². The Labute approximate surface area is 92.1 Å². The van der Waals surface area contributed by atoms with Crippen molar-refractivity contribution in [1.29, 1.82) is 0 Å². The molecule has 0 aliphatic carbocycles. The average molecular weight is 223 g/mol. The number of aromatic nitrogens is 5. The summed E-state index contributed by atoms with van der Waals surface area (Å²) in [6.07, 6.45) is 3.23. The minimum Gasteiger partial charge on any atom is -0.424 e. The van der Waals surface area contributed by atoms with Gasteiger partial charge in [-0.05, 0) is 12.8 Å². The minimum absolute atomic E-state index is 0.162. The topological polar surface area (TPSA) is 89.9 Å². The molecule has 2 aromatic heterocycles. The number of aliphatic hydroxyl groups excluding tert-OH is 1. The molecule has 86 valence electrons. The van der Waals surface area contributed by atoms with E-state index >= 15 is 0 Å². The molecule has 0 aliphatic rings. The maximum Gasteiger partial charge on any atom is 0.237 e. The van der Waals surface area contributed by atoms with Gasteiger partial charge in [-0.25, -0.2) is 4.68 Å². The molecule has 0 radical (unpaired) electrons. The first-order valence-electron chi connectivity index (χ1n) is 5.07. The van der Waals surface area contributed by atoms with Crippen LogP contribution in [-0.4, -0.2) is 36.9 Å².